The van der Waals surface area contributed by atoms with Crippen molar-refractivity contribution in [3.8, 4) is 0 Å². The van der Waals surface area contributed by atoms with Crippen LogP contribution in [0.15, 0.2) is 30.3 Å². The van der Waals surface area contributed by atoms with Gasteiger partial charge in [-0.3, -0.25) is 0 Å². The van der Waals surface area contributed by atoms with E-state index < -0.39 is 0 Å². The van der Waals surface area contributed by atoms with Crippen molar-refractivity contribution in [2.75, 3.05) is 6.54 Å². The van der Waals surface area contributed by atoms with Crippen molar-refractivity contribution >= 4 is 12.4 Å². The molecule has 0 amide bonds. The molecule has 1 nitrogen and oxygen atoms in total. The summed E-state index contributed by atoms with van der Waals surface area (Å²) in [7, 11) is 0. The van der Waals surface area contributed by atoms with Gasteiger partial charge in [-0.25, -0.2) is 0 Å². The quantitative estimate of drug-likeness (QED) is 0.268. The number of hydrogen-bond acceptors (Lipinski definition) is 1. The van der Waals surface area contributed by atoms with E-state index in [1.165, 1.54) is 95.5 Å². The van der Waals surface area contributed by atoms with Gasteiger partial charge in [-0.15, -0.1) is 12.4 Å². The van der Waals surface area contributed by atoms with E-state index in [4.69, 9.17) is 0 Å². The van der Waals surface area contributed by atoms with E-state index in [1.54, 1.807) is 0 Å². The van der Waals surface area contributed by atoms with Crippen LogP contribution in [0.2, 0.25) is 0 Å². The average Bonchev–Trinajstić information content (AvgIpc) is 2.65. The van der Waals surface area contributed by atoms with E-state index >= 15 is 0 Å². The van der Waals surface area contributed by atoms with Crippen LogP contribution in [0.1, 0.15) is 115 Å². The van der Waals surface area contributed by atoms with Crippen LogP contribution < -0.4 is 5.32 Å². The molecule has 0 spiro atoms. The molecule has 2 heteroatoms. The molecule has 0 bridgehead atoms. The Morgan fingerprint density at radius 1 is 0.654 bits per heavy atom. The normalized spacial score (nSPS) is 11.9. The summed E-state index contributed by atoms with van der Waals surface area (Å²) in [5.74, 6) is 0. The van der Waals surface area contributed by atoms with Crippen molar-refractivity contribution in [1.82, 2.24) is 5.32 Å². The zero-order valence-corrected chi connectivity index (χ0v) is 18.3. The predicted octanol–water partition coefficient (Wildman–Crippen LogP) is 8.24. The highest BCUT2D eigenvalue weighted by atomic mass is 35.5. The Hall–Kier alpha value is -0.530. The molecule has 26 heavy (non-hydrogen) atoms. The summed E-state index contributed by atoms with van der Waals surface area (Å²) in [6.45, 7) is 5.70. The molecule has 1 aromatic carbocycles. The molecule has 0 fully saturated rings. The van der Waals surface area contributed by atoms with Gasteiger partial charge in [0.05, 0.1) is 0 Å². The van der Waals surface area contributed by atoms with Gasteiger partial charge in [0.15, 0.2) is 0 Å². The number of benzene rings is 1. The third-order valence-electron chi connectivity index (χ3n) is 5.28. The summed E-state index contributed by atoms with van der Waals surface area (Å²) in [6, 6.07) is 11.2. The fraction of sp³-hybridized carbons (Fsp3) is 0.750. The Balaban J connectivity index is 0.00000625. The molecule has 1 aromatic rings. The first-order chi connectivity index (χ1) is 12.3. The highest BCUT2D eigenvalue weighted by Gasteiger charge is 2.02. The van der Waals surface area contributed by atoms with Gasteiger partial charge >= 0.3 is 0 Å². The summed E-state index contributed by atoms with van der Waals surface area (Å²) in [5.41, 5.74) is 1.40. The van der Waals surface area contributed by atoms with Gasteiger partial charge in [-0.1, -0.05) is 121 Å². The van der Waals surface area contributed by atoms with E-state index in [9.17, 15) is 0 Å². The SMILES string of the molecule is CCCCCCCCCCCCCCCCNC(C)c1ccccc1.Cl. The van der Waals surface area contributed by atoms with Gasteiger partial charge in [-0.2, -0.15) is 0 Å². The van der Waals surface area contributed by atoms with E-state index in [0.717, 1.165) is 6.54 Å². The van der Waals surface area contributed by atoms with Crippen LogP contribution >= 0.6 is 12.4 Å². The first-order valence-electron chi connectivity index (χ1n) is 11.1. The molecule has 0 heterocycles. The van der Waals surface area contributed by atoms with Crippen LogP contribution in [0.5, 0.6) is 0 Å². The second-order valence-corrected chi connectivity index (χ2v) is 7.68. The molecule has 0 aliphatic carbocycles. The second kappa shape index (κ2) is 19.2. The fourth-order valence-electron chi connectivity index (χ4n) is 3.50. The van der Waals surface area contributed by atoms with E-state index in [1.807, 2.05) is 0 Å². The molecule has 0 radical (unpaired) electrons. The zero-order chi connectivity index (χ0) is 18.0. The van der Waals surface area contributed by atoms with Crippen molar-refractivity contribution in [2.45, 2.75) is 110 Å². The maximum Gasteiger partial charge on any atom is 0.0291 e. The van der Waals surface area contributed by atoms with Gasteiger partial charge < -0.3 is 5.32 Å². The van der Waals surface area contributed by atoms with Crippen molar-refractivity contribution in [1.29, 1.82) is 0 Å². The Morgan fingerprint density at radius 3 is 1.54 bits per heavy atom. The van der Waals surface area contributed by atoms with Crippen molar-refractivity contribution in [3.05, 3.63) is 35.9 Å². The maximum absolute atomic E-state index is 3.64. The number of nitrogens with one attached hydrogen (secondary N) is 1. The predicted molar refractivity (Wildman–Crippen MR) is 120 cm³/mol. The second-order valence-electron chi connectivity index (χ2n) is 7.68. The van der Waals surface area contributed by atoms with Crippen molar-refractivity contribution in [2.24, 2.45) is 0 Å². The molecule has 1 N–H and O–H groups in total. The standard InChI is InChI=1S/C24H43N.ClH/c1-3-4-5-6-7-8-9-10-11-12-13-14-15-19-22-25-23(2)24-20-17-16-18-21-24;/h16-18,20-21,23,25H,3-15,19,22H2,1-2H3;1H. The molecule has 0 aliphatic rings. The van der Waals surface area contributed by atoms with Gasteiger partial charge in [0.2, 0.25) is 0 Å². The summed E-state index contributed by atoms with van der Waals surface area (Å²) >= 11 is 0. The van der Waals surface area contributed by atoms with E-state index in [-0.39, 0.29) is 12.4 Å². The average molecular weight is 382 g/mol. The molecule has 152 valence electrons. The molecule has 0 saturated heterocycles. The Kier molecular flexibility index (Phi) is 18.8. The molecular weight excluding hydrogens is 338 g/mol. The molecule has 1 rings (SSSR count). The third-order valence-corrected chi connectivity index (χ3v) is 5.28. The van der Waals surface area contributed by atoms with Crippen LogP contribution in [-0.4, -0.2) is 6.54 Å². The minimum Gasteiger partial charge on any atom is -0.310 e. The van der Waals surface area contributed by atoms with Crippen LogP contribution in [-0.2, 0) is 0 Å². The number of unbranched alkanes of at least 4 members (excludes halogenated alkanes) is 13. The first-order valence-corrected chi connectivity index (χ1v) is 11.1. The first kappa shape index (κ1) is 25.5. The lowest BCUT2D eigenvalue weighted by molar-refractivity contribution is 0.513. The van der Waals surface area contributed by atoms with E-state index in [2.05, 4.69) is 49.5 Å². The summed E-state index contributed by atoms with van der Waals surface area (Å²) in [5, 5.41) is 3.64. The lowest BCUT2D eigenvalue weighted by Gasteiger charge is -2.13. The summed E-state index contributed by atoms with van der Waals surface area (Å²) in [6.07, 6.45) is 20.0. The third kappa shape index (κ3) is 14.6. The molecule has 1 unspecified atom stereocenters. The molecular formula is C24H44ClN. The zero-order valence-electron chi connectivity index (χ0n) is 17.5. The Labute approximate surface area is 170 Å². The maximum atomic E-state index is 3.64. The molecule has 0 saturated carbocycles. The number of hydrogen-bond donors (Lipinski definition) is 1. The van der Waals surface area contributed by atoms with Crippen LogP contribution in [0.3, 0.4) is 0 Å². The van der Waals surface area contributed by atoms with Crippen molar-refractivity contribution in [3.63, 3.8) is 0 Å². The highest BCUT2D eigenvalue weighted by molar-refractivity contribution is 5.85. The Bertz CT molecular complexity index is 379. The van der Waals surface area contributed by atoms with Crippen LogP contribution in [0.25, 0.3) is 0 Å². The van der Waals surface area contributed by atoms with Crippen LogP contribution in [0.4, 0.5) is 0 Å². The number of halogens is 1. The Morgan fingerprint density at radius 2 is 1.08 bits per heavy atom. The lowest BCUT2D eigenvalue weighted by atomic mass is 10.0. The molecule has 1 atom stereocenters. The lowest BCUT2D eigenvalue weighted by Crippen LogP contribution is -2.19. The minimum atomic E-state index is 0. The minimum absolute atomic E-state index is 0. The topological polar surface area (TPSA) is 12.0 Å². The van der Waals surface area contributed by atoms with Gasteiger partial charge in [-0.05, 0) is 25.5 Å². The van der Waals surface area contributed by atoms with Gasteiger partial charge in [0.25, 0.3) is 0 Å². The van der Waals surface area contributed by atoms with E-state index in [0.29, 0.717) is 6.04 Å². The monoisotopic (exact) mass is 381 g/mol. The van der Waals surface area contributed by atoms with Crippen molar-refractivity contribution < 1.29 is 0 Å². The summed E-state index contributed by atoms with van der Waals surface area (Å²) < 4.78 is 0. The van der Waals surface area contributed by atoms with Gasteiger partial charge in [0.1, 0.15) is 0 Å². The molecule has 0 aliphatic heterocycles. The molecule has 0 aromatic heterocycles. The number of rotatable bonds is 17. The fourth-order valence-corrected chi connectivity index (χ4v) is 3.50. The van der Waals surface area contributed by atoms with Crippen LogP contribution in [0, 0.1) is 0 Å². The largest absolute Gasteiger partial charge is 0.310 e. The highest BCUT2D eigenvalue weighted by Crippen LogP contribution is 2.14. The summed E-state index contributed by atoms with van der Waals surface area (Å²) in [4.78, 5) is 0. The smallest absolute Gasteiger partial charge is 0.0291 e. The van der Waals surface area contributed by atoms with Gasteiger partial charge in [0, 0.05) is 6.04 Å².